The Balaban J connectivity index is 3.09. The fourth-order valence-electron chi connectivity index (χ4n) is 3.65. The second-order valence-electron chi connectivity index (χ2n) is 8.41. The molecule has 160 valence electrons. The minimum Gasteiger partial charge on any atom is -0.0882 e. The Hall–Kier alpha value is -0.520. The third-order valence-electron chi connectivity index (χ3n) is 5.55. The third-order valence-corrected chi connectivity index (χ3v) is 5.55. The van der Waals surface area contributed by atoms with Gasteiger partial charge in [-0.15, -0.1) is 0 Å². The van der Waals surface area contributed by atoms with Crippen molar-refractivity contribution in [2.24, 2.45) is 0 Å². The lowest BCUT2D eigenvalue weighted by Gasteiger charge is -2.03. The van der Waals surface area contributed by atoms with Gasteiger partial charge in [0.05, 0.1) is 0 Å². The fourth-order valence-corrected chi connectivity index (χ4v) is 3.65. The molecule has 0 saturated carbocycles. The predicted molar refractivity (Wildman–Crippen MR) is 127 cm³/mol. The van der Waals surface area contributed by atoms with E-state index in [-0.39, 0.29) is 0 Å². The molecule has 0 aromatic heterocycles. The zero-order valence-electron chi connectivity index (χ0n) is 19.2. The van der Waals surface area contributed by atoms with Crippen molar-refractivity contribution in [3.8, 4) is 0 Å². The van der Waals surface area contributed by atoms with Crippen molar-refractivity contribution in [2.75, 3.05) is 0 Å². The Morgan fingerprint density at radius 2 is 0.630 bits per heavy atom. The maximum Gasteiger partial charge on any atom is -0.0169 e. The molecular weight excluding hydrogens is 324 g/mol. The standard InChI is InChI=1S/C27H52/c1-3-5-7-9-11-13-15-17-19-21-23-25-27-26-24-22-20-18-16-14-12-10-8-6-4-2/h11,13,17,19H,3-10,12,14-16,18,20-27H2,1-2H3/b13-11-,19-17-. The predicted octanol–water partition coefficient (Wildman–Crippen LogP) is 10.3. The number of unbranched alkanes of at least 4 members (excludes halogenated alkanes) is 18. The van der Waals surface area contributed by atoms with E-state index in [1.165, 1.54) is 128 Å². The molecule has 0 saturated heterocycles. The summed E-state index contributed by atoms with van der Waals surface area (Å²) in [5.41, 5.74) is 0. The van der Waals surface area contributed by atoms with Crippen molar-refractivity contribution >= 4 is 0 Å². The molecule has 0 fully saturated rings. The number of hydrogen-bond donors (Lipinski definition) is 0. The lowest BCUT2D eigenvalue weighted by Crippen LogP contribution is -1.83. The van der Waals surface area contributed by atoms with Gasteiger partial charge < -0.3 is 0 Å². The van der Waals surface area contributed by atoms with Gasteiger partial charge in [-0.3, -0.25) is 0 Å². The minimum absolute atomic E-state index is 1.13. The van der Waals surface area contributed by atoms with Crippen LogP contribution in [0.15, 0.2) is 24.3 Å². The lowest BCUT2D eigenvalue weighted by molar-refractivity contribution is 0.533. The molecule has 0 rings (SSSR count). The molecular formula is C27H52. The normalized spacial score (nSPS) is 11.9. The third kappa shape index (κ3) is 25.5. The van der Waals surface area contributed by atoms with Gasteiger partial charge >= 0.3 is 0 Å². The van der Waals surface area contributed by atoms with Crippen LogP contribution in [-0.4, -0.2) is 0 Å². The van der Waals surface area contributed by atoms with Crippen molar-refractivity contribution in [3.63, 3.8) is 0 Å². The molecule has 0 radical (unpaired) electrons. The Morgan fingerprint density at radius 3 is 1.04 bits per heavy atom. The summed E-state index contributed by atoms with van der Waals surface area (Å²) >= 11 is 0. The van der Waals surface area contributed by atoms with Gasteiger partial charge in [-0.05, 0) is 32.1 Å². The van der Waals surface area contributed by atoms with Crippen LogP contribution in [0, 0.1) is 0 Å². The Bertz CT molecular complexity index is 299. The summed E-state index contributed by atoms with van der Waals surface area (Å²) in [6, 6.07) is 0. The van der Waals surface area contributed by atoms with Crippen molar-refractivity contribution in [1.29, 1.82) is 0 Å². The van der Waals surface area contributed by atoms with Crippen LogP contribution >= 0.6 is 0 Å². The van der Waals surface area contributed by atoms with Crippen LogP contribution < -0.4 is 0 Å². The van der Waals surface area contributed by atoms with E-state index < -0.39 is 0 Å². The van der Waals surface area contributed by atoms with Crippen LogP contribution in [0.25, 0.3) is 0 Å². The van der Waals surface area contributed by atoms with Gasteiger partial charge in [0.25, 0.3) is 0 Å². The van der Waals surface area contributed by atoms with Crippen molar-refractivity contribution in [1.82, 2.24) is 0 Å². The Morgan fingerprint density at radius 1 is 0.333 bits per heavy atom. The first-order valence-corrected chi connectivity index (χ1v) is 12.7. The highest BCUT2D eigenvalue weighted by Gasteiger charge is 1.94. The SMILES string of the molecule is CCCCC/C=C\C/C=C\CCCCCCCCCCCCCCCCC. The van der Waals surface area contributed by atoms with Crippen LogP contribution in [0.5, 0.6) is 0 Å². The molecule has 0 atom stereocenters. The highest BCUT2D eigenvalue weighted by atomic mass is 14.0. The van der Waals surface area contributed by atoms with Gasteiger partial charge in [0, 0.05) is 0 Å². The first-order valence-electron chi connectivity index (χ1n) is 12.7. The molecule has 0 heteroatoms. The largest absolute Gasteiger partial charge is 0.0882 e. The highest BCUT2D eigenvalue weighted by molar-refractivity contribution is 4.92. The topological polar surface area (TPSA) is 0 Å². The van der Waals surface area contributed by atoms with E-state index in [2.05, 4.69) is 38.2 Å². The number of allylic oxidation sites excluding steroid dienone is 4. The number of hydrogen-bond acceptors (Lipinski definition) is 0. The van der Waals surface area contributed by atoms with Gasteiger partial charge in [0.15, 0.2) is 0 Å². The van der Waals surface area contributed by atoms with E-state index in [0.717, 1.165) is 6.42 Å². The summed E-state index contributed by atoms with van der Waals surface area (Å²) in [6.07, 6.45) is 38.9. The fraction of sp³-hybridized carbons (Fsp3) is 0.852. The molecule has 0 heterocycles. The minimum atomic E-state index is 1.13. The Labute approximate surface area is 173 Å². The van der Waals surface area contributed by atoms with Crippen LogP contribution in [0.4, 0.5) is 0 Å². The van der Waals surface area contributed by atoms with Crippen molar-refractivity contribution in [2.45, 2.75) is 149 Å². The monoisotopic (exact) mass is 376 g/mol. The van der Waals surface area contributed by atoms with Gasteiger partial charge in [-0.1, -0.05) is 141 Å². The van der Waals surface area contributed by atoms with Gasteiger partial charge in [-0.2, -0.15) is 0 Å². The van der Waals surface area contributed by atoms with Gasteiger partial charge in [0.1, 0.15) is 0 Å². The smallest absolute Gasteiger partial charge is 0.0169 e. The summed E-state index contributed by atoms with van der Waals surface area (Å²) in [4.78, 5) is 0. The highest BCUT2D eigenvalue weighted by Crippen LogP contribution is 2.13. The molecule has 0 bridgehead atoms. The second-order valence-corrected chi connectivity index (χ2v) is 8.41. The molecule has 0 aliphatic rings. The van der Waals surface area contributed by atoms with Gasteiger partial charge in [-0.25, -0.2) is 0 Å². The number of rotatable bonds is 22. The quantitative estimate of drug-likeness (QED) is 0.130. The van der Waals surface area contributed by atoms with E-state index in [9.17, 15) is 0 Å². The second kappa shape index (κ2) is 25.5. The molecule has 0 aromatic rings. The summed E-state index contributed by atoms with van der Waals surface area (Å²) in [5, 5.41) is 0. The van der Waals surface area contributed by atoms with Crippen molar-refractivity contribution in [3.05, 3.63) is 24.3 Å². The average molecular weight is 377 g/mol. The van der Waals surface area contributed by atoms with Crippen LogP contribution in [0.2, 0.25) is 0 Å². The van der Waals surface area contributed by atoms with E-state index in [1.54, 1.807) is 0 Å². The first kappa shape index (κ1) is 26.5. The van der Waals surface area contributed by atoms with Gasteiger partial charge in [0.2, 0.25) is 0 Å². The maximum atomic E-state index is 2.39. The van der Waals surface area contributed by atoms with Crippen LogP contribution in [0.3, 0.4) is 0 Å². The lowest BCUT2D eigenvalue weighted by atomic mass is 10.0. The zero-order chi connectivity index (χ0) is 19.7. The molecule has 0 aromatic carbocycles. The maximum absolute atomic E-state index is 2.39. The summed E-state index contributed by atoms with van der Waals surface area (Å²) in [6.45, 7) is 4.57. The molecule has 0 unspecified atom stereocenters. The van der Waals surface area contributed by atoms with E-state index in [1.807, 2.05) is 0 Å². The summed E-state index contributed by atoms with van der Waals surface area (Å²) < 4.78 is 0. The summed E-state index contributed by atoms with van der Waals surface area (Å²) in [5.74, 6) is 0. The molecule has 0 aliphatic heterocycles. The van der Waals surface area contributed by atoms with E-state index >= 15 is 0 Å². The first-order chi connectivity index (χ1) is 13.4. The average Bonchev–Trinajstić information content (AvgIpc) is 2.68. The summed E-state index contributed by atoms with van der Waals surface area (Å²) in [7, 11) is 0. The van der Waals surface area contributed by atoms with Crippen molar-refractivity contribution < 1.29 is 0 Å². The molecule has 0 aliphatic carbocycles. The van der Waals surface area contributed by atoms with Crippen LogP contribution in [0.1, 0.15) is 149 Å². The molecule has 0 amide bonds. The molecule has 0 nitrogen and oxygen atoms in total. The Kier molecular flexibility index (Phi) is 25.0. The van der Waals surface area contributed by atoms with E-state index in [0.29, 0.717) is 0 Å². The van der Waals surface area contributed by atoms with E-state index in [4.69, 9.17) is 0 Å². The molecule has 0 N–H and O–H groups in total. The molecule has 27 heavy (non-hydrogen) atoms. The zero-order valence-corrected chi connectivity index (χ0v) is 19.2. The molecule has 0 spiro atoms. The van der Waals surface area contributed by atoms with Crippen LogP contribution in [-0.2, 0) is 0 Å².